The van der Waals surface area contributed by atoms with Gasteiger partial charge in [-0.1, -0.05) is 35.8 Å². The molecule has 3 rings (SSSR count). The van der Waals surface area contributed by atoms with Crippen LogP contribution in [0.4, 0.5) is 0 Å². The molecule has 0 bridgehead atoms. The molecule has 138 valence electrons. The standard InChI is InChI=1S/C20H22BrNO4/c1-13(2)20(14-3-8-17-18(11-14)25-10-9-24-17)22-19(23)12-26-16-6-4-15(21)5-7-16/h3-8,11,13,20H,9-10,12H2,1-2H3,(H,22,23)/t20-/m1/s1. The molecule has 0 saturated heterocycles. The molecule has 1 atom stereocenters. The molecule has 0 aliphatic carbocycles. The van der Waals surface area contributed by atoms with E-state index in [1.165, 1.54) is 0 Å². The lowest BCUT2D eigenvalue weighted by atomic mass is 9.95. The van der Waals surface area contributed by atoms with Gasteiger partial charge in [-0.25, -0.2) is 0 Å². The molecule has 1 aliphatic heterocycles. The van der Waals surface area contributed by atoms with Crippen LogP contribution in [0.5, 0.6) is 17.2 Å². The molecule has 0 fully saturated rings. The van der Waals surface area contributed by atoms with E-state index in [4.69, 9.17) is 14.2 Å². The highest BCUT2D eigenvalue weighted by molar-refractivity contribution is 9.10. The van der Waals surface area contributed by atoms with E-state index >= 15 is 0 Å². The van der Waals surface area contributed by atoms with Crippen LogP contribution >= 0.6 is 15.9 Å². The van der Waals surface area contributed by atoms with Crippen molar-refractivity contribution in [1.29, 1.82) is 0 Å². The summed E-state index contributed by atoms with van der Waals surface area (Å²) in [5.41, 5.74) is 0.987. The average molecular weight is 420 g/mol. The molecule has 6 heteroatoms. The number of halogens is 1. The summed E-state index contributed by atoms with van der Waals surface area (Å²) in [6.45, 7) is 5.20. The van der Waals surface area contributed by atoms with Gasteiger partial charge in [0, 0.05) is 4.47 Å². The molecule has 0 unspecified atom stereocenters. The first-order valence-corrected chi connectivity index (χ1v) is 9.39. The molecular weight excluding hydrogens is 398 g/mol. The fourth-order valence-corrected chi connectivity index (χ4v) is 3.05. The first-order valence-electron chi connectivity index (χ1n) is 8.60. The molecule has 2 aromatic carbocycles. The van der Waals surface area contributed by atoms with E-state index in [1.807, 2.05) is 42.5 Å². The third kappa shape index (κ3) is 4.69. The number of amides is 1. The average Bonchev–Trinajstić information content (AvgIpc) is 2.65. The maximum atomic E-state index is 12.4. The van der Waals surface area contributed by atoms with Gasteiger partial charge >= 0.3 is 0 Å². The summed E-state index contributed by atoms with van der Waals surface area (Å²) in [6.07, 6.45) is 0. The molecule has 1 amide bonds. The Morgan fingerprint density at radius 2 is 1.81 bits per heavy atom. The lowest BCUT2D eigenvalue weighted by Crippen LogP contribution is -2.35. The number of nitrogens with one attached hydrogen (secondary N) is 1. The molecule has 5 nitrogen and oxygen atoms in total. The topological polar surface area (TPSA) is 56.8 Å². The lowest BCUT2D eigenvalue weighted by molar-refractivity contribution is -0.124. The fraction of sp³-hybridized carbons (Fsp3) is 0.350. The normalized spacial score (nSPS) is 14.0. The summed E-state index contributed by atoms with van der Waals surface area (Å²) < 4.78 is 17.7. The van der Waals surface area contributed by atoms with E-state index < -0.39 is 0 Å². The predicted molar refractivity (Wildman–Crippen MR) is 103 cm³/mol. The minimum absolute atomic E-state index is 0.0323. The van der Waals surface area contributed by atoms with Crippen molar-refractivity contribution in [1.82, 2.24) is 5.32 Å². The highest BCUT2D eigenvalue weighted by Crippen LogP contribution is 2.34. The smallest absolute Gasteiger partial charge is 0.258 e. The molecular formula is C20H22BrNO4. The van der Waals surface area contributed by atoms with Crippen LogP contribution in [0.1, 0.15) is 25.5 Å². The van der Waals surface area contributed by atoms with Gasteiger partial charge in [-0.05, 0) is 47.9 Å². The van der Waals surface area contributed by atoms with Crippen LogP contribution in [0, 0.1) is 5.92 Å². The van der Waals surface area contributed by atoms with Gasteiger partial charge in [-0.2, -0.15) is 0 Å². The number of ether oxygens (including phenoxy) is 3. The van der Waals surface area contributed by atoms with Crippen molar-refractivity contribution in [3.63, 3.8) is 0 Å². The van der Waals surface area contributed by atoms with Gasteiger partial charge in [0.1, 0.15) is 19.0 Å². The van der Waals surface area contributed by atoms with Gasteiger partial charge in [0.2, 0.25) is 0 Å². The molecule has 1 heterocycles. The second-order valence-corrected chi connectivity index (χ2v) is 7.35. The Kier molecular flexibility index (Phi) is 6.04. The maximum Gasteiger partial charge on any atom is 0.258 e. The van der Waals surface area contributed by atoms with Gasteiger partial charge in [-0.3, -0.25) is 4.79 Å². The SMILES string of the molecule is CC(C)[C@@H](NC(=O)COc1ccc(Br)cc1)c1ccc2c(c1)OCCO2. The summed E-state index contributed by atoms with van der Waals surface area (Å²) in [5.74, 6) is 2.17. The van der Waals surface area contributed by atoms with Crippen LogP contribution in [0.15, 0.2) is 46.9 Å². The van der Waals surface area contributed by atoms with Crippen LogP contribution in [0.3, 0.4) is 0 Å². The Bertz CT molecular complexity index is 761. The molecule has 0 aromatic heterocycles. The van der Waals surface area contributed by atoms with E-state index in [-0.39, 0.29) is 24.5 Å². The number of hydrogen-bond acceptors (Lipinski definition) is 4. The Morgan fingerprint density at radius 1 is 1.12 bits per heavy atom. The Hall–Kier alpha value is -2.21. The van der Waals surface area contributed by atoms with Crippen molar-refractivity contribution in [3.05, 3.63) is 52.5 Å². The summed E-state index contributed by atoms with van der Waals surface area (Å²) in [6, 6.07) is 13.0. The summed E-state index contributed by atoms with van der Waals surface area (Å²) in [7, 11) is 0. The molecule has 0 saturated carbocycles. The quantitative estimate of drug-likeness (QED) is 0.764. The minimum Gasteiger partial charge on any atom is -0.486 e. The molecule has 0 spiro atoms. The van der Waals surface area contributed by atoms with Gasteiger partial charge in [-0.15, -0.1) is 0 Å². The molecule has 1 N–H and O–H groups in total. The second kappa shape index (κ2) is 8.45. The number of fused-ring (bicyclic) bond motifs is 1. The van der Waals surface area contributed by atoms with Gasteiger partial charge < -0.3 is 19.5 Å². The number of hydrogen-bond donors (Lipinski definition) is 1. The Labute approximate surface area is 161 Å². The van der Waals surface area contributed by atoms with Crippen LogP contribution < -0.4 is 19.5 Å². The third-order valence-electron chi connectivity index (χ3n) is 4.09. The highest BCUT2D eigenvalue weighted by Gasteiger charge is 2.21. The summed E-state index contributed by atoms with van der Waals surface area (Å²) >= 11 is 3.37. The fourth-order valence-electron chi connectivity index (χ4n) is 2.78. The number of carbonyl (C=O) groups is 1. The van der Waals surface area contributed by atoms with Crippen molar-refractivity contribution >= 4 is 21.8 Å². The van der Waals surface area contributed by atoms with E-state index in [1.54, 1.807) is 0 Å². The van der Waals surface area contributed by atoms with E-state index in [0.717, 1.165) is 21.5 Å². The zero-order valence-electron chi connectivity index (χ0n) is 14.8. The number of rotatable bonds is 6. The van der Waals surface area contributed by atoms with E-state index in [9.17, 15) is 4.79 Å². The third-order valence-corrected chi connectivity index (χ3v) is 4.62. The zero-order chi connectivity index (χ0) is 18.5. The van der Waals surface area contributed by atoms with Crippen molar-refractivity contribution in [3.8, 4) is 17.2 Å². The maximum absolute atomic E-state index is 12.4. The largest absolute Gasteiger partial charge is 0.486 e. The number of carbonyl (C=O) groups excluding carboxylic acids is 1. The van der Waals surface area contributed by atoms with Crippen LogP contribution in [0.25, 0.3) is 0 Å². The van der Waals surface area contributed by atoms with Gasteiger partial charge in [0.15, 0.2) is 18.1 Å². The molecule has 0 radical (unpaired) electrons. The summed E-state index contributed by atoms with van der Waals surface area (Å²) in [4.78, 5) is 12.4. The zero-order valence-corrected chi connectivity index (χ0v) is 16.4. The van der Waals surface area contributed by atoms with Crippen LogP contribution in [-0.4, -0.2) is 25.7 Å². The highest BCUT2D eigenvalue weighted by atomic mass is 79.9. The monoisotopic (exact) mass is 419 g/mol. The van der Waals surface area contributed by atoms with E-state index in [0.29, 0.717) is 19.0 Å². The molecule has 2 aromatic rings. The first-order chi connectivity index (χ1) is 12.5. The second-order valence-electron chi connectivity index (χ2n) is 6.43. The summed E-state index contributed by atoms with van der Waals surface area (Å²) in [5, 5.41) is 3.05. The van der Waals surface area contributed by atoms with Crippen molar-refractivity contribution in [2.45, 2.75) is 19.9 Å². The lowest BCUT2D eigenvalue weighted by Gasteiger charge is -2.25. The van der Waals surface area contributed by atoms with Crippen molar-refractivity contribution < 1.29 is 19.0 Å². The van der Waals surface area contributed by atoms with Gasteiger partial charge in [0.05, 0.1) is 6.04 Å². The van der Waals surface area contributed by atoms with Crippen molar-refractivity contribution in [2.75, 3.05) is 19.8 Å². The molecule has 26 heavy (non-hydrogen) atoms. The Balaban J connectivity index is 1.64. The van der Waals surface area contributed by atoms with Crippen LogP contribution in [-0.2, 0) is 4.79 Å². The van der Waals surface area contributed by atoms with Crippen molar-refractivity contribution in [2.24, 2.45) is 5.92 Å². The van der Waals surface area contributed by atoms with Gasteiger partial charge in [0.25, 0.3) is 5.91 Å². The predicted octanol–water partition coefficient (Wildman–Crippen LogP) is 4.11. The Morgan fingerprint density at radius 3 is 2.50 bits per heavy atom. The minimum atomic E-state index is -0.165. The first kappa shape index (κ1) is 18.6. The van der Waals surface area contributed by atoms with E-state index in [2.05, 4.69) is 35.1 Å². The molecule has 1 aliphatic rings. The number of benzene rings is 2. The van der Waals surface area contributed by atoms with Crippen LogP contribution in [0.2, 0.25) is 0 Å².